The van der Waals surface area contributed by atoms with Crippen LogP contribution in [0.2, 0.25) is 0 Å². The van der Waals surface area contributed by atoms with Crippen LogP contribution in [-0.2, 0) is 4.74 Å². The number of amides is 1. The van der Waals surface area contributed by atoms with E-state index in [1.807, 2.05) is 0 Å². The van der Waals surface area contributed by atoms with Crippen molar-refractivity contribution in [1.29, 1.82) is 0 Å². The molecule has 1 aliphatic rings. The molecule has 3 heterocycles. The monoisotopic (exact) mass is 278 g/mol. The zero-order valence-corrected chi connectivity index (χ0v) is 10.6. The molecule has 10 nitrogen and oxygen atoms in total. The molecule has 0 spiro atoms. The molecule has 1 fully saturated rings. The van der Waals surface area contributed by atoms with Crippen LogP contribution in [0.25, 0.3) is 5.95 Å². The van der Waals surface area contributed by atoms with Crippen molar-refractivity contribution < 1.29 is 9.53 Å². The van der Waals surface area contributed by atoms with Crippen LogP contribution in [0, 0.1) is 0 Å². The second-order valence-electron chi connectivity index (χ2n) is 4.26. The van der Waals surface area contributed by atoms with E-state index in [0.29, 0.717) is 19.1 Å². The van der Waals surface area contributed by atoms with Crippen LogP contribution in [-0.4, -0.2) is 68.2 Å². The summed E-state index contributed by atoms with van der Waals surface area (Å²) in [7, 11) is 0. The number of nitrogens with zero attached hydrogens (tertiary/aromatic N) is 5. The van der Waals surface area contributed by atoms with Gasteiger partial charge in [-0.15, -0.1) is 15.3 Å². The summed E-state index contributed by atoms with van der Waals surface area (Å²) in [6.07, 6.45) is 2.88. The Labute approximate surface area is 113 Å². The average Bonchev–Trinajstić information content (AvgIpc) is 3.16. The number of hydrogen-bond acceptors (Lipinski definition) is 7. The lowest BCUT2D eigenvalue weighted by atomic mass is 10.3. The molecule has 1 aliphatic heterocycles. The zero-order chi connectivity index (χ0) is 13.8. The summed E-state index contributed by atoms with van der Waals surface area (Å²) in [5.74, 6) is 0.124. The first-order chi connectivity index (χ1) is 9.83. The second kappa shape index (κ2) is 5.75. The maximum Gasteiger partial charge on any atom is 0.288 e. The van der Waals surface area contributed by atoms with Gasteiger partial charge in [0.1, 0.15) is 12.7 Å². The third kappa shape index (κ3) is 2.81. The van der Waals surface area contributed by atoms with E-state index >= 15 is 0 Å². The number of hydrogen-bond donors (Lipinski definition) is 3. The fraction of sp³-hybridized carbons (Fsp3) is 0.500. The molecule has 0 bridgehead atoms. The third-order valence-corrected chi connectivity index (χ3v) is 2.83. The number of aromatic amines is 1. The minimum absolute atomic E-state index is 0.0204. The van der Waals surface area contributed by atoms with Gasteiger partial charge in [-0.3, -0.25) is 14.5 Å². The van der Waals surface area contributed by atoms with Crippen LogP contribution in [0.4, 0.5) is 0 Å². The Bertz CT molecular complexity index is 560. The van der Waals surface area contributed by atoms with Crippen LogP contribution in [0.1, 0.15) is 10.6 Å². The number of carbonyl (C=O) groups excluding carboxylic acids is 1. The average molecular weight is 278 g/mol. The van der Waals surface area contributed by atoms with Gasteiger partial charge in [-0.05, 0) is 0 Å². The zero-order valence-electron chi connectivity index (χ0n) is 10.6. The summed E-state index contributed by atoms with van der Waals surface area (Å²) >= 11 is 0. The van der Waals surface area contributed by atoms with Crippen LogP contribution < -0.4 is 10.6 Å². The van der Waals surface area contributed by atoms with Crippen molar-refractivity contribution in [2.75, 3.05) is 26.2 Å². The van der Waals surface area contributed by atoms with E-state index in [1.54, 1.807) is 0 Å². The second-order valence-corrected chi connectivity index (χ2v) is 4.26. The molecule has 2 aromatic heterocycles. The van der Waals surface area contributed by atoms with Gasteiger partial charge < -0.3 is 15.4 Å². The van der Waals surface area contributed by atoms with Crippen LogP contribution in [0.3, 0.4) is 0 Å². The van der Waals surface area contributed by atoms with Crippen LogP contribution >= 0.6 is 0 Å². The highest BCUT2D eigenvalue weighted by molar-refractivity contribution is 5.90. The molecule has 0 aliphatic carbocycles. The molecule has 1 atom stereocenters. The molecular formula is C10H14N8O2. The maximum atomic E-state index is 11.9. The molecule has 106 valence electrons. The summed E-state index contributed by atoms with van der Waals surface area (Å²) in [4.78, 5) is 16.0. The number of ether oxygens (including phenoxy) is 1. The SMILES string of the molecule is O=C(NCC1CNCCO1)c1nc(-n2cnnc2)n[nH]1. The molecule has 0 saturated carbocycles. The van der Waals surface area contributed by atoms with Gasteiger partial charge in [0.25, 0.3) is 11.9 Å². The smallest absolute Gasteiger partial charge is 0.288 e. The summed E-state index contributed by atoms with van der Waals surface area (Å²) in [6, 6.07) is 0. The van der Waals surface area contributed by atoms with E-state index in [9.17, 15) is 4.79 Å². The Hall–Kier alpha value is -2.33. The van der Waals surface area contributed by atoms with Gasteiger partial charge >= 0.3 is 0 Å². The molecule has 1 amide bonds. The van der Waals surface area contributed by atoms with Crippen molar-refractivity contribution in [1.82, 2.24) is 40.6 Å². The van der Waals surface area contributed by atoms with Gasteiger partial charge in [0, 0.05) is 19.6 Å². The van der Waals surface area contributed by atoms with Crippen molar-refractivity contribution in [3.8, 4) is 5.95 Å². The van der Waals surface area contributed by atoms with Crippen molar-refractivity contribution in [3.63, 3.8) is 0 Å². The maximum absolute atomic E-state index is 11.9. The number of nitrogens with one attached hydrogen (secondary N) is 3. The number of H-pyrrole nitrogens is 1. The fourth-order valence-electron chi connectivity index (χ4n) is 1.82. The van der Waals surface area contributed by atoms with Gasteiger partial charge in [0.05, 0.1) is 12.7 Å². The predicted octanol–water partition coefficient (Wildman–Crippen LogP) is -1.90. The first kappa shape index (κ1) is 12.7. The molecule has 0 radical (unpaired) electrons. The Kier molecular flexibility index (Phi) is 3.65. The topological polar surface area (TPSA) is 123 Å². The molecule has 3 rings (SSSR count). The molecular weight excluding hydrogens is 264 g/mol. The Morgan fingerprint density at radius 1 is 1.50 bits per heavy atom. The van der Waals surface area contributed by atoms with Gasteiger partial charge in [0.15, 0.2) is 0 Å². The van der Waals surface area contributed by atoms with Crippen molar-refractivity contribution in [3.05, 3.63) is 18.5 Å². The molecule has 1 saturated heterocycles. The Morgan fingerprint density at radius 3 is 3.10 bits per heavy atom. The minimum Gasteiger partial charge on any atom is -0.374 e. The molecule has 0 aromatic carbocycles. The quantitative estimate of drug-likeness (QED) is 0.597. The minimum atomic E-state index is -0.328. The molecule has 3 N–H and O–H groups in total. The summed E-state index contributed by atoms with van der Waals surface area (Å²) < 4.78 is 6.99. The summed E-state index contributed by atoms with van der Waals surface area (Å²) in [6.45, 7) is 2.65. The Balaban J connectivity index is 1.57. The highest BCUT2D eigenvalue weighted by atomic mass is 16.5. The summed E-state index contributed by atoms with van der Waals surface area (Å²) in [5, 5.41) is 19.7. The fourth-order valence-corrected chi connectivity index (χ4v) is 1.82. The number of aromatic nitrogens is 6. The molecule has 20 heavy (non-hydrogen) atoms. The van der Waals surface area contributed by atoms with Gasteiger partial charge in [-0.25, -0.2) is 0 Å². The normalized spacial score (nSPS) is 18.9. The molecule has 10 heteroatoms. The molecule has 2 aromatic rings. The lowest BCUT2D eigenvalue weighted by Crippen LogP contribution is -2.45. The largest absolute Gasteiger partial charge is 0.374 e. The summed E-state index contributed by atoms with van der Waals surface area (Å²) in [5.41, 5.74) is 0. The van der Waals surface area contributed by atoms with Crippen LogP contribution in [0.5, 0.6) is 0 Å². The number of morpholine rings is 1. The van der Waals surface area contributed by atoms with Gasteiger partial charge in [-0.2, -0.15) is 4.98 Å². The van der Waals surface area contributed by atoms with Crippen LogP contribution in [0.15, 0.2) is 12.7 Å². The lowest BCUT2D eigenvalue weighted by Gasteiger charge is -2.23. The third-order valence-electron chi connectivity index (χ3n) is 2.83. The van der Waals surface area contributed by atoms with Gasteiger partial charge in [0.2, 0.25) is 5.82 Å². The lowest BCUT2D eigenvalue weighted by molar-refractivity contribution is 0.0286. The van der Waals surface area contributed by atoms with E-state index in [4.69, 9.17) is 4.74 Å². The van der Waals surface area contributed by atoms with E-state index in [0.717, 1.165) is 13.1 Å². The predicted molar refractivity (Wildman–Crippen MR) is 66.2 cm³/mol. The highest BCUT2D eigenvalue weighted by Crippen LogP contribution is 1.99. The van der Waals surface area contributed by atoms with E-state index < -0.39 is 0 Å². The standard InChI is InChI=1S/C10H14N8O2/c19-9(12-4-7-3-11-1-2-20-7)8-15-10(17-16-8)18-5-13-14-6-18/h5-7,11H,1-4H2,(H,12,19)(H,15,16,17). The van der Waals surface area contributed by atoms with Crippen molar-refractivity contribution in [2.45, 2.75) is 6.10 Å². The van der Waals surface area contributed by atoms with Crippen molar-refractivity contribution >= 4 is 5.91 Å². The first-order valence-corrected chi connectivity index (χ1v) is 6.21. The highest BCUT2D eigenvalue weighted by Gasteiger charge is 2.17. The van der Waals surface area contributed by atoms with Crippen molar-refractivity contribution in [2.24, 2.45) is 0 Å². The Morgan fingerprint density at radius 2 is 2.35 bits per heavy atom. The van der Waals surface area contributed by atoms with E-state index in [2.05, 4.69) is 36.0 Å². The first-order valence-electron chi connectivity index (χ1n) is 6.21. The van der Waals surface area contributed by atoms with Gasteiger partial charge in [-0.1, -0.05) is 0 Å². The number of rotatable bonds is 4. The number of carbonyl (C=O) groups is 1. The van der Waals surface area contributed by atoms with E-state index in [-0.39, 0.29) is 17.8 Å². The molecule has 1 unspecified atom stereocenters. The van der Waals surface area contributed by atoms with E-state index in [1.165, 1.54) is 17.2 Å².